The van der Waals surface area contributed by atoms with E-state index in [0.717, 1.165) is 13.0 Å². The average Bonchev–Trinajstić information content (AvgIpc) is 2.84. The minimum atomic E-state index is -1.05. The molecule has 1 unspecified atom stereocenters. The van der Waals surface area contributed by atoms with E-state index < -0.39 is 11.5 Å². The van der Waals surface area contributed by atoms with Crippen molar-refractivity contribution >= 4 is 29.2 Å². The smallest absolute Gasteiger partial charge is 0.323 e. The van der Waals surface area contributed by atoms with Gasteiger partial charge in [-0.15, -0.1) is 0 Å². The largest absolute Gasteiger partial charge is 0.480 e. The molecule has 6 heteroatoms. The van der Waals surface area contributed by atoms with Crippen molar-refractivity contribution < 1.29 is 14.7 Å². The molecule has 0 saturated carbocycles. The molecule has 0 aromatic heterocycles. The Balaban J connectivity index is 2.29. The van der Waals surface area contributed by atoms with Crippen LogP contribution in [0.25, 0.3) is 0 Å². The van der Waals surface area contributed by atoms with E-state index in [4.69, 9.17) is 16.7 Å². The number of amides is 1. The number of rotatable bonds is 4. The van der Waals surface area contributed by atoms with E-state index in [0.29, 0.717) is 17.1 Å². The highest BCUT2D eigenvalue weighted by molar-refractivity contribution is 6.30. The quantitative estimate of drug-likeness (QED) is 0.890. The van der Waals surface area contributed by atoms with Gasteiger partial charge in [-0.1, -0.05) is 11.6 Å². The van der Waals surface area contributed by atoms with E-state index in [1.54, 1.807) is 24.3 Å². The third-order valence-corrected chi connectivity index (χ3v) is 3.77. The molecule has 1 amide bonds. The summed E-state index contributed by atoms with van der Waals surface area (Å²) in [4.78, 5) is 25.0. The van der Waals surface area contributed by atoms with Crippen LogP contribution in [0, 0.1) is 0 Å². The van der Waals surface area contributed by atoms with Gasteiger partial charge in [0.1, 0.15) is 6.54 Å². The maximum Gasteiger partial charge on any atom is 0.323 e. The van der Waals surface area contributed by atoms with Crippen molar-refractivity contribution in [3.63, 3.8) is 0 Å². The summed E-state index contributed by atoms with van der Waals surface area (Å²) in [5.74, 6) is -1.27. The molecule has 1 atom stereocenters. The summed E-state index contributed by atoms with van der Waals surface area (Å²) in [6, 6.07) is 6.59. The molecule has 1 aliphatic heterocycles. The molecule has 108 valence electrons. The molecule has 0 bridgehead atoms. The van der Waals surface area contributed by atoms with Crippen LogP contribution in [0.1, 0.15) is 19.8 Å². The molecular formula is C14H17ClN2O3. The number of nitrogens with one attached hydrogen (secondary N) is 1. The number of anilines is 1. The van der Waals surface area contributed by atoms with Crippen LogP contribution in [0.5, 0.6) is 0 Å². The monoisotopic (exact) mass is 296 g/mol. The standard InChI is InChI=1S/C14H17ClN2O3/c1-14(7-2-8-16-14)13(20)17(9-12(18)19)11-5-3-10(15)4-6-11/h3-6,16H,2,7-9H2,1H3,(H,18,19). The van der Waals surface area contributed by atoms with Crippen LogP contribution >= 0.6 is 11.6 Å². The normalized spacial score (nSPS) is 21.7. The average molecular weight is 297 g/mol. The lowest BCUT2D eigenvalue weighted by Gasteiger charge is -2.31. The number of benzene rings is 1. The first-order valence-electron chi connectivity index (χ1n) is 6.47. The van der Waals surface area contributed by atoms with Crippen molar-refractivity contribution in [2.24, 2.45) is 0 Å². The predicted molar refractivity (Wildman–Crippen MR) is 77.1 cm³/mol. The maximum absolute atomic E-state index is 12.7. The number of hydrogen-bond donors (Lipinski definition) is 2. The fraction of sp³-hybridized carbons (Fsp3) is 0.429. The molecule has 20 heavy (non-hydrogen) atoms. The molecule has 1 aliphatic rings. The van der Waals surface area contributed by atoms with Crippen LogP contribution in [-0.2, 0) is 9.59 Å². The van der Waals surface area contributed by atoms with Crippen LogP contribution in [0.3, 0.4) is 0 Å². The fourth-order valence-electron chi connectivity index (χ4n) is 2.41. The molecule has 1 aromatic rings. The summed E-state index contributed by atoms with van der Waals surface area (Å²) < 4.78 is 0. The molecule has 0 aliphatic carbocycles. The maximum atomic E-state index is 12.7. The summed E-state index contributed by atoms with van der Waals surface area (Å²) >= 11 is 5.82. The molecule has 1 heterocycles. The van der Waals surface area contributed by atoms with Gasteiger partial charge in [0.05, 0.1) is 5.54 Å². The fourth-order valence-corrected chi connectivity index (χ4v) is 2.54. The van der Waals surface area contributed by atoms with Crippen molar-refractivity contribution in [1.82, 2.24) is 5.32 Å². The number of hydrogen-bond acceptors (Lipinski definition) is 3. The van der Waals surface area contributed by atoms with Gasteiger partial charge in [-0.25, -0.2) is 0 Å². The topological polar surface area (TPSA) is 69.6 Å². The molecular weight excluding hydrogens is 280 g/mol. The molecule has 1 aromatic carbocycles. The lowest BCUT2D eigenvalue weighted by Crippen LogP contribution is -2.54. The Kier molecular flexibility index (Phi) is 4.30. The Morgan fingerprint density at radius 1 is 1.40 bits per heavy atom. The number of carboxylic acid groups (broad SMARTS) is 1. The van der Waals surface area contributed by atoms with Gasteiger partial charge < -0.3 is 10.4 Å². The highest BCUT2D eigenvalue weighted by atomic mass is 35.5. The van der Waals surface area contributed by atoms with Gasteiger partial charge in [-0.05, 0) is 50.6 Å². The Morgan fingerprint density at radius 2 is 2.05 bits per heavy atom. The van der Waals surface area contributed by atoms with Crippen LogP contribution in [0.4, 0.5) is 5.69 Å². The molecule has 5 nitrogen and oxygen atoms in total. The zero-order valence-electron chi connectivity index (χ0n) is 11.2. The summed E-state index contributed by atoms with van der Waals surface area (Å²) in [7, 11) is 0. The lowest BCUT2D eigenvalue weighted by molar-refractivity contribution is -0.137. The number of carbonyl (C=O) groups is 2. The second-order valence-electron chi connectivity index (χ2n) is 5.12. The van der Waals surface area contributed by atoms with Gasteiger partial charge in [-0.3, -0.25) is 14.5 Å². The SMILES string of the molecule is CC1(C(=O)N(CC(=O)O)c2ccc(Cl)cc2)CCCN1. The number of carbonyl (C=O) groups excluding carboxylic acids is 1. The molecule has 1 saturated heterocycles. The van der Waals surface area contributed by atoms with E-state index in [9.17, 15) is 9.59 Å². The number of nitrogens with zero attached hydrogens (tertiary/aromatic N) is 1. The Labute approximate surface area is 122 Å². The summed E-state index contributed by atoms with van der Waals surface area (Å²) in [6.07, 6.45) is 1.61. The minimum absolute atomic E-state index is 0.222. The first kappa shape index (κ1) is 14.8. The minimum Gasteiger partial charge on any atom is -0.480 e. The van der Waals surface area contributed by atoms with Gasteiger partial charge in [-0.2, -0.15) is 0 Å². The summed E-state index contributed by atoms with van der Waals surface area (Å²) in [5.41, 5.74) is -0.161. The van der Waals surface area contributed by atoms with E-state index in [1.165, 1.54) is 4.90 Å². The number of halogens is 1. The Morgan fingerprint density at radius 3 is 2.55 bits per heavy atom. The van der Waals surface area contributed by atoms with Gasteiger partial charge in [0, 0.05) is 10.7 Å². The predicted octanol–water partition coefficient (Wildman–Crippen LogP) is 1.90. The van der Waals surface area contributed by atoms with Crippen LogP contribution in [-0.4, -0.2) is 35.6 Å². The van der Waals surface area contributed by atoms with E-state index >= 15 is 0 Å². The first-order valence-corrected chi connectivity index (χ1v) is 6.84. The van der Waals surface area contributed by atoms with Gasteiger partial charge in [0.2, 0.25) is 5.91 Å². The molecule has 1 fully saturated rings. The van der Waals surface area contributed by atoms with E-state index in [1.807, 2.05) is 6.92 Å². The first-order chi connectivity index (χ1) is 9.42. The molecule has 2 N–H and O–H groups in total. The summed E-state index contributed by atoms with van der Waals surface area (Å²) in [6.45, 7) is 2.22. The van der Waals surface area contributed by atoms with Crippen LogP contribution in [0.15, 0.2) is 24.3 Å². The van der Waals surface area contributed by atoms with Gasteiger partial charge >= 0.3 is 5.97 Å². The van der Waals surface area contributed by atoms with Crippen molar-refractivity contribution in [3.8, 4) is 0 Å². The van der Waals surface area contributed by atoms with E-state index in [-0.39, 0.29) is 12.5 Å². The number of carboxylic acids is 1. The third-order valence-electron chi connectivity index (χ3n) is 3.52. The van der Waals surface area contributed by atoms with Crippen molar-refractivity contribution in [3.05, 3.63) is 29.3 Å². The van der Waals surface area contributed by atoms with Crippen molar-refractivity contribution in [1.29, 1.82) is 0 Å². The highest BCUT2D eigenvalue weighted by Gasteiger charge is 2.39. The molecule has 0 spiro atoms. The van der Waals surface area contributed by atoms with Crippen molar-refractivity contribution in [2.75, 3.05) is 18.0 Å². The second kappa shape index (κ2) is 5.81. The zero-order chi connectivity index (χ0) is 14.8. The zero-order valence-corrected chi connectivity index (χ0v) is 12.0. The van der Waals surface area contributed by atoms with Gasteiger partial charge in [0.25, 0.3) is 0 Å². The Hall–Kier alpha value is -1.59. The Bertz CT molecular complexity index is 510. The lowest BCUT2D eigenvalue weighted by atomic mass is 9.98. The molecule has 2 rings (SSSR count). The third kappa shape index (κ3) is 3.11. The van der Waals surface area contributed by atoms with Gasteiger partial charge in [0.15, 0.2) is 0 Å². The van der Waals surface area contributed by atoms with E-state index in [2.05, 4.69) is 5.32 Å². The summed E-state index contributed by atoms with van der Waals surface area (Å²) in [5, 5.41) is 12.7. The van der Waals surface area contributed by atoms with Crippen LogP contribution in [0.2, 0.25) is 5.02 Å². The highest BCUT2D eigenvalue weighted by Crippen LogP contribution is 2.25. The van der Waals surface area contributed by atoms with Crippen LogP contribution < -0.4 is 10.2 Å². The second-order valence-corrected chi connectivity index (χ2v) is 5.56. The molecule has 0 radical (unpaired) electrons. The van der Waals surface area contributed by atoms with Crippen molar-refractivity contribution in [2.45, 2.75) is 25.3 Å². The number of aliphatic carboxylic acids is 1.